The largest absolute Gasteiger partial charge is 0.449 e. The number of nitro groups is 1. The van der Waals surface area contributed by atoms with E-state index in [0.29, 0.717) is 21.9 Å². The summed E-state index contributed by atoms with van der Waals surface area (Å²) in [7, 11) is 1.71. The van der Waals surface area contributed by atoms with E-state index in [1.54, 1.807) is 43.6 Å². The zero-order valence-electron chi connectivity index (χ0n) is 14.2. The molecule has 7 nitrogen and oxygen atoms in total. The predicted molar refractivity (Wildman–Crippen MR) is 101 cm³/mol. The molecule has 0 atom stereocenters. The minimum atomic E-state index is -0.549. The van der Waals surface area contributed by atoms with Crippen LogP contribution in [0.4, 0.5) is 5.69 Å². The average Bonchev–Trinajstić information content (AvgIpc) is 3.08. The number of carbonyl (C=O) groups excluding carboxylic acids is 1. The second kappa shape index (κ2) is 7.84. The summed E-state index contributed by atoms with van der Waals surface area (Å²) in [4.78, 5) is 22.9. The van der Waals surface area contributed by atoms with Crippen molar-refractivity contribution in [3.63, 3.8) is 0 Å². The number of aromatic nitrogens is 2. The van der Waals surface area contributed by atoms with Gasteiger partial charge in [0.2, 0.25) is 5.75 Å². The maximum absolute atomic E-state index is 12.1. The van der Waals surface area contributed by atoms with Gasteiger partial charge in [-0.15, -0.1) is 0 Å². The number of nitrogens with zero attached hydrogens (tertiary/aromatic N) is 3. The van der Waals surface area contributed by atoms with Crippen molar-refractivity contribution in [1.82, 2.24) is 9.78 Å². The van der Waals surface area contributed by atoms with E-state index in [2.05, 4.69) is 5.10 Å². The Labute approximate surface area is 159 Å². The minimum absolute atomic E-state index is 0.0591. The first kappa shape index (κ1) is 18.3. The Morgan fingerprint density at radius 2 is 2.04 bits per heavy atom. The highest BCUT2D eigenvalue weighted by Gasteiger charge is 2.17. The van der Waals surface area contributed by atoms with Gasteiger partial charge in [-0.3, -0.25) is 19.6 Å². The summed E-state index contributed by atoms with van der Waals surface area (Å²) >= 11 is 6.03. The molecule has 0 aliphatic heterocycles. The monoisotopic (exact) mass is 383 g/mol. The predicted octanol–water partition coefficient (Wildman–Crippen LogP) is 4.67. The van der Waals surface area contributed by atoms with E-state index in [1.807, 2.05) is 0 Å². The van der Waals surface area contributed by atoms with Crippen molar-refractivity contribution in [2.75, 3.05) is 0 Å². The quantitative estimate of drug-likeness (QED) is 0.267. The van der Waals surface area contributed by atoms with Gasteiger partial charge in [-0.2, -0.15) is 5.10 Å². The molecule has 3 aromatic rings. The molecule has 136 valence electrons. The summed E-state index contributed by atoms with van der Waals surface area (Å²) in [5, 5.41) is 15.7. The molecule has 3 rings (SSSR count). The third-order valence-corrected chi connectivity index (χ3v) is 3.97. The number of benzene rings is 2. The highest BCUT2D eigenvalue weighted by atomic mass is 35.5. The summed E-state index contributed by atoms with van der Waals surface area (Å²) < 4.78 is 7.10. The van der Waals surface area contributed by atoms with Gasteiger partial charge in [0.25, 0.3) is 0 Å². The van der Waals surface area contributed by atoms with Gasteiger partial charge in [0, 0.05) is 19.3 Å². The molecule has 0 spiro atoms. The van der Waals surface area contributed by atoms with Crippen LogP contribution in [0.1, 0.15) is 15.9 Å². The van der Waals surface area contributed by atoms with E-state index < -0.39 is 4.92 Å². The van der Waals surface area contributed by atoms with E-state index in [9.17, 15) is 14.9 Å². The highest BCUT2D eigenvalue weighted by molar-refractivity contribution is 6.32. The number of halogens is 1. The lowest BCUT2D eigenvalue weighted by Crippen LogP contribution is -1.95. The minimum Gasteiger partial charge on any atom is -0.449 e. The second-order valence-corrected chi connectivity index (χ2v) is 6.02. The smallest absolute Gasteiger partial charge is 0.312 e. The van der Waals surface area contributed by atoms with Crippen molar-refractivity contribution in [3.8, 4) is 11.5 Å². The summed E-state index contributed by atoms with van der Waals surface area (Å²) in [6, 6.07) is 11.1. The SMILES string of the molecule is Cn1cc(C(=O)C=Cc2ccc(Oc3ccccc3Cl)c([N+](=O)[O-])c2)cn1. The number of ether oxygens (including phenoxy) is 1. The highest BCUT2D eigenvalue weighted by Crippen LogP contribution is 2.35. The fraction of sp³-hybridized carbons (Fsp3) is 0.0526. The number of para-hydroxylation sites is 1. The molecule has 0 saturated heterocycles. The second-order valence-electron chi connectivity index (χ2n) is 5.62. The number of rotatable bonds is 6. The molecule has 0 fully saturated rings. The van der Waals surface area contributed by atoms with Crippen LogP contribution in [0, 0.1) is 10.1 Å². The Morgan fingerprint density at radius 1 is 1.26 bits per heavy atom. The molecule has 0 N–H and O–H groups in total. The molecule has 2 aromatic carbocycles. The fourth-order valence-corrected chi connectivity index (χ4v) is 2.50. The maximum Gasteiger partial charge on any atom is 0.312 e. The van der Waals surface area contributed by atoms with Crippen molar-refractivity contribution in [1.29, 1.82) is 0 Å². The molecule has 0 unspecified atom stereocenters. The van der Waals surface area contributed by atoms with E-state index >= 15 is 0 Å². The van der Waals surface area contributed by atoms with Crippen molar-refractivity contribution in [2.24, 2.45) is 7.05 Å². The molecule has 0 aliphatic carbocycles. The number of aryl methyl sites for hydroxylation is 1. The molecule has 0 bridgehead atoms. The van der Waals surface area contributed by atoms with Crippen molar-refractivity contribution < 1.29 is 14.5 Å². The zero-order valence-corrected chi connectivity index (χ0v) is 15.0. The molecule has 0 aliphatic rings. The van der Waals surface area contributed by atoms with Crippen LogP contribution in [0.15, 0.2) is 60.9 Å². The van der Waals surface area contributed by atoms with Crippen LogP contribution in [-0.4, -0.2) is 20.5 Å². The summed E-state index contributed by atoms with van der Waals surface area (Å²) in [6.45, 7) is 0. The number of hydrogen-bond acceptors (Lipinski definition) is 5. The normalized spacial score (nSPS) is 10.9. The van der Waals surface area contributed by atoms with Gasteiger partial charge >= 0.3 is 5.69 Å². The Morgan fingerprint density at radius 3 is 2.70 bits per heavy atom. The number of allylic oxidation sites excluding steroid dienone is 1. The Hall–Kier alpha value is -3.45. The van der Waals surface area contributed by atoms with E-state index in [1.165, 1.54) is 35.2 Å². The molecule has 27 heavy (non-hydrogen) atoms. The lowest BCUT2D eigenvalue weighted by Gasteiger charge is -2.08. The van der Waals surface area contributed by atoms with Crippen molar-refractivity contribution in [3.05, 3.63) is 87.2 Å². The fourth-order valence-electron chi connectivity index (χ4n) is 2.33. The van der Waals surface area contributed by atoms with Crippen molar-refractivity contribution >= 4 is 29.1 Å². The molecule has 8 heteroatoms. The van der Waals surface area contributed by atoms with Gasteiger partial charge in [-0.25, -0.2) is 0 Å². The van der Waals surface area contributed by atoms with Gasteiger partial charge in [-0.05, 0) is 29.8 Å². The van der Waals surface area contributed by atoms with Crippen LogP contribution in [0.2, 0.25) is 5.02 Å². The van der Waals surface area contributed by atoms with Crippen LogP contribution < -0.4 is 4.74 Å². The zero-order chi connectivity index (χ0) is 19.4. The first-order valence-corrected chi connectivity index (χ1v) is 8.24. The number of ketones is 1. The van der Waals surface area contributed by atoms with Gasteiger partial charge in [0.05, 0.1) is 21.7 Å². The van der Waals surface area contributed by atoms with Gasteiger partial charge in [0.1, 0.15) is 5.75 Å². The standard InChI is InChI=1S/C19H14ClN3O4/c1-22-12-14(11-21-22)17(24)8-6-13-7-9-19(16(10-13)23(25)26)27-18-5-3-2-4-15(18)20/h2-12H,1H3. The van der Waals surface area contributed by atoms with Gasteiger partial charge in [-0.1, -0.05) is 35.9 Å². The third-order valence-electron chi connectivity index (χ3n) is 3.65. The molecule has 0 saturated carbocycles. The Bertz CT molecular complexity index is 1040. The summed E-state index contributed by atoms with van der Waals surface area (Å²) in [6.07, 6.45) is 5.89. The van der Waals surface area contributed by atoms with E-state index in [0.717, 1.165) is 0 Å². The van der Waals surface area contributed by atoms with Gasteiger partial charge in [0.15, 0.2) is 5.78 Å². The topological polar surface area (TPSA) is 87.3 Å². The molecule has 0 amide bonds. The average molecular weight is 384 g/mol. The summed E-state index contributed by atoms with van der Waals surface area (Å²) in [5.41, 5.74) is 0.693. The lowest BCUT2D eigenvalue weighted by atomic mass is 10.1. The van der Waals surface area contributed by atoms with Crippen LogP contribution >= 0.6 is 11.6 Å². The van der Waals surface area contributed by atoms with Crippen LogP contribution in [-0.2, 0) is 7.05 Å². The molecule has 0 radical (unpaired) electrons. The van der Waals surface area contributed by atoms with Gasteiger partial charge < -0.3 is 4.74 Å². The number of nitro benzene ring substituents is 1. The van der Waals surface area contributed by atoms with Crippen LogP contribution in [0.3, 0.4) is 0 Å². The lowest BCUT2D eigenvalue weighted by molar-refractivity contribution is -0.385. The van der Waals surface area contributed by atoms with E-state index in [-0.39, 0.29) is 17.2 Å². The molecule has 1 aromatic heterocycles. The summed E-state index contributed by atoms with van der Waals surface area (Å²) in [5.74, 6) is 0.128. The molecular formula is C19H14ClN3O4. The number of hydrogen-bond donors (Lipinski definition) is 0. The third kappa shape index (κ3) is 4.39. The van der Waals surface area contributed by atoms with Crippen LogP contribution in [0.5, 0.6) is 11.5 Å². The Balaban J connectivity index is 1.85. The molecule has 1 heterocycles. The first-order chi connectivity index (χ1) is 12.9. The van der Waals surface area contributed by atoms with Crippen molar-refractivity contribution in [2.45, 2.75) is 0 Å². The molecular weight excluding hydrogens is 370 g/mol. The maximum atomic E-state index is 12.1. The first-order valence-electron chi connectivity index (χ1n) is 7.86. The van der Waals surface area contributed by atoms with Crippen LogP contribution in [0.25, 0.3) is 6.08 Å². The van der Waals surface area contributed by atoms with E-state index in [4.69, 9.17) is 16.3 Å². The Kier molecular flexibility index (Phi) is 5.33. The number of carbonyl (C=O) groups is 1.